The van der Waals surface area contributed by atoms with Gasteiger partial charge in [-0.1, -0.05) is 0 Å². The molecule has 0 spiro atoms. The normalized spacial score (nSPS) is 25.2. The van der Waals surface area contributed by atoms with Crippen molar-refractivity contribution < 1.29 is 0 Å². The average molecular weight is 293 g/mol. The van der Waals surface area contributed by atoms with E-state index in [1.165, 1.54) is 5.14 Å². The molecule has 0 N–H and O–H groups in total. The second-order valence-electron chi connectivity index (χ2n) is 3.24. The summed E-state index contributed by atoms with van der Waals surface area (Å²) in [6.45, 7) is 0. The van der Waals surface area contributed by atoms with Gasteiger partial charge < -0.3 is 0 Å². The fraction of sp³-hybridized carbons (Fsp3) is 1.00. The molecule has 0 atom stereocenters. The Labute approximate surface area is 85.4 Å². The highest BCUT2D eigenvalue weighted by molar-refractivity contribution is 8.27. The van der Waals surface area contributed by atoms with Gasteiger partial charge in [-0.3, -0.25) is 0 Å². The van der Waals surface area contributed by atoms with Crippen LogP contribution in [0.5, 0.6) is 0 Å². The van der Waals surface area contributed by atoms with Gasteiger partial charge in [0.15, 0.2) is 0 Å². The summed E-state index contributed by atoms with van der Waals surface area (Å²) in [7, 11) is 11.8. The van der Waals surface area contributed by atoms with Crippen molar-refractivity contribution in [2.24, 2.45) is 0 Å². The standard InChI is InChI=1S/CH19P3Si6/c5-2(6)1(3(7)8)4(9)10/h1H,5-10H3. The van der Waals surface area contributed by atoms with Gasteiger partial charge in [-0.2, -0.15) is 0 Å². The summed E-state index contributed by atoms with van der Waals surface area (Å²) in [5, 5.41) is 1.45. The van der Waals surface area contributed by atoms with Crippen LogP contribution in [0.15, 0.2) is 0 Å². The van der Waals surface area contributed by atoms with Gasteiger partial charge in [0.05, 0.1) is 0 Å². The molecule has 0 aromatic carbocycles. The van der Waals surface area contributed by atoms with Crippen molar-refractivity contribution in [3.8, 4) is 0 Å². The quantitative estimate of drug-likeness (QED) is 0.363. The Morgan fingerprint density at radius 2 is 0.800 bits per heavy atom. The molecule has 9 heteroatoms. The molecular formula is CH19P3Si6. The SMILES string of the molecule is [SiH3]P([SiH3])C(P([SiH3])[SiH3])P([SiH3])[SiH3]. The molecule has 0 fully saturated rings. The van der Waals surface area contributed by atoms with Gasteiger partial charge in [0.25, 0.3) is 0 Å². The van der Waals surface area contributed by atoms with E-state index in [0.717, 1.165) is 21.1 Å². The third-order valence-corrected chi connectivity index (χ3v) is 37.4. The Morgan fingerprint density at radius 1 is 0.600 bits per heavy atom. The first-order chi connectivity index (χ1) is 4.46. The van der Waals surface area contributed by atoms with Crippen LogP contribution in [0.3, 0.4) is 0 Å². The molecule has 0 aliphatic heterocycles. The van der Waals surface area contributed by atoms with Gasteiger partial charge in [-0.25, -0.2) is 0 Å². The molecule has 0 unspecified atom stereocenters. The van der Waals surface area contributed by atoms with Crippen molar-refractivity contribution in [3.05, 3.63) is 0 Å². The third kappa shape index (κ3) is 4.58. The molecular weight excluding hydrogens is 273 g/mol. The largest absolute Gasteiger partial charge is 0.140 e. The van der Waals surface area contributed by atoms with Crippen molar-refractivity contribution >= 4 is 80.5 Å². The second kappa shape index (κ2) is 6.11. The molecule has 0 aliphatic carbocycles. The molecule has 0 bridgehead atoms. The third-order valence-electron chi connectivity index (χ3n) is 1.39. The van der Waals surface area contributed by atoms with E-state index in [0.29, 0.717) is 0 Å². The second-order valence-corrected chi connectivity index (χ2v) is 53.3. The summed E-state index contributed by atoms with van der Waals surface area (Å²) in [5.74, 6) is 0. The lowest BCUT2D eigenvalue weighted by molar-refractivity contribution is 2.04. The summed E-state index contributed by atoms with van der Waals surface area (Å²) in [5.41, 5.74) is 0. The van der Waals surface area contributed by atoms with Crippen LogP contribution in [0.1, 0.15) is 0 Å². The Kier molecular flexibility index (Phi) is 7.69. The van der Waals surface area contributed by atoms with E-state index in [1.807, 2.05) is 0 Å². The average Bonchev–Trinajstić information content (AvgIpc) is 1.59. The molecule has 0 heterocycles. The van der Waals surface area contributed by atoms with E-state index in [4.69, 9.17) is 0 Å². The van der Waals surface area contributed by atoms with Crippen LogP contribution < -0.4 is 0 Å². The van der Waals surface area contributed by atoms with Crippen LogP contribution in [0, 0.1) is 0 Å². The van der Waals surface area contributed by atoms with Crippen LogP contribution in [-0.4, -0.2) is 64.6 Å². The maximum absolute atomic E-state index is 1.60. The van der Waals surface area contributed by atoms with Crippen molar-refractivity contribution in [3.63, 3.8) is 0 Å². The molecule has 0 aromatic heterocycles. The predicted molar refractivity (Wildman–Crippen MR) is 84.2 cm³/mol. The van der Waals surface area contributed by atoms with E-state index in [-0.39, 0.29) is 0 Å². The number of rotatable bonds is 3. The van der Waals surface area contributed by atoms with Crippen molar-refractivity contribution in [2.75, 3.05) is 0 Å². The molecule has 0 saturated heterocycles. The first-order valence-electron chi connectivity index (χ1n) is 3.46. The van der Waals surface area contributed by atoms with Crippen molar-refractivity contribution in [2.45, 2.75) is 5.14 Å². The summed E-state index contributed by atoms with van der Waals surface area (Å²) in [4.78, 5) is 0. The van der Waals surface area contributed by atoms with Crippen molar-refractivity contribution in [1.82, 2.24) is 0 Å². The summed E-state index contributed by atoms with van der Waals surface area (Å²) >= 11 is 0. The lowest BCUT2D eigenvalue weighted by atomic mass is 11.9. The van der Waals surface area contributed by atoms with Gasteiger partial charge in [-0.05, 0) is 5.14 Å². The molecule has 0 radical (unpaired) electrons. The maximum atomic E-state index is 1.60. The van der Waals surface area contributed by atoms with Crippen LogP contribution in [-0.2, 0) is 0 Å². The van der Waals surface area contributed by atoms with E-state index >= 15 is 0 Å². The van der Waals surface area contributed by atoms with Gasteiger partial charge in [0, 0.05) is 59.5 Å². The molecule has 0 saturated carbocycles. The first-order valence-corrected chi connectivity index (χ1v) is 26.5. The highest BCUT2D eigenvalue weighted by Crippen LogP contribution is 2.61. The molecule has 0 aliphatic rings. The number of hydrogen-bond acceptors (Lipinski definition) is 0. The van der Waals surface area contributed by atoms with Crippen LogP contribution in [0.4, 0.5) is 0 Å². The fourth-order valence-corrected chi connectivity index (χ4v) is 112. The minimum atomic E-state index is 0.731. The molecule has 10 heavy (non-hydrogen) atoms. The Hall–Kier alpha value is 2.59. The summed E-state index contributed by atoms with van der Waals surface area (Å²) < 4.78 is 0. The first kappa shape index (κ1) is 12.6. The Morgan fingerprint density at radius 3 is 0.800 bits per heavy atom. The molecule has 0 aromatic rings. The van der Waals surface area contributed by atoms with E-state index < -0.39 is 0 Å². The molecule has 0 rings (SSSR count). The Balaban J connectivity index is 3.98. The van der Waals surface area contributed by atoms with Crippen LogP contribution in [0.25, 0.3) is 0 Å². The highest BCUT2D eigenvalue weighted by atomic mass is 31.7. The van der Waals surface area contributed by atoms with Gasteiger partial charge in [0.2, 0.25) is 0 Å². The zero-order valence-corrected chi connectivity index (χ0v) is 22.6. The van der Waals surface area contributed by atoms with Crippen LogP contribution >= 0.6 is 21.1 Å². The van der Waals surface area contributed by atoms with Gasteiger partial charge in [0.1, 0.15) is 0 Å². The smallest absolute Gasteiger partial charge is 0.0283 e. The predicted octanol–water partition coefficient (Wildman–Crippen LogP) is -4.60. The highest BCUT2D eigenvalue weighted by Gasteiger charge is 2.18. The lowest BCUT2D eigenvalue weighted by Gasteiger charge is -2.30. The minimum absolute atomic E-state index is 0.731. The number of hydrogen-bond donors (Lipinski definition) is 0. The minimum Gasteiger partial charge on any atom is -0.140 e. The Bertz CT molecular complexity index is 74.0. The van der Waals surface area contributed by atoms with Crippen molar-refractivity contribution in [1.29, 1.82) is 0 Å². The summed E-state index contributed by atoms with van der Waals surface area (Å²) in [6, 6.07) is 0. The monoisotopic (exact) mass is 292 g/mol. The zero-order valence-electron chi connectivity index (χ0n) is 7.92. The lowest BCUT2D eigenvalue weighted by Crippen LogP contribution is -2.02. The molecule has 62 valence electrons. The van der Waals surface area contributed by atoms with E-state index in [1.54, 1.807) is 59.5 Å². The van der Waals surface area contributed by atoms with Crippen LogP contribution in [0.2, 0.25) is 0 Å². The molecule has 0 amide bonds. The van der Waals surface area contributed by atoms with Gasteiger partial charge >= 0.3 is 0 Å². The summed E-state index contributed by atoms with van der Waals surface area (Å²) in [6.07, 6.45) is 0. The molecule has 0 nitrogen and oxygen atoms in total. The zero-order chi connectivity index (χ0) is 8.31. The fourth-order valence-electron chi connectivity index (χ4n) is 1.39. The van der Waals surface area contributed by atoms with E-state index in [2.05, 4.69) is 0 Å². The maximum Gasteiger partial charge on any atom is 0.0283 e. The van der Waals surface area contributed by atoms with E-state index in [9.17, 15) is 0 Å². The topological polar surface area (TPSA) is 0 Å². The van der Waals surface area contributed by atoms with Gasteiger partial charge in [-0.15, -0.1) is 21.1 Å².